The Morgan fingerprint density at radius 1 is 1.03 bits per heavy atom. The Kier molecular flexibility index (Phi) is 6.08. The highest BCUT2D eigenvalue weighted by atomic mass is 19.1. The molecule has 3 aliphatic rings. The predicted molar refractivity (Wildman–Crippen MR) is 127 cm³/mol. The number of nitrogens with zero attached hydrogens (tertiary/aromatic N) is 1. The quantitative estimate of drug-likeness (QED) is 0.642. The standard InChI is InChI=1S/C26H29FN4O3/c27-18-10-7-15(8-11-18)23-14-24(32)29-21-13-17(25(33)30-20-4-2-1-3-19(20)28)9-12-22(21)31(23)26(34)16-5-6-16/h7-13,16,19-20,23H,1-6,14,28H2,(H,29,32)(H,30,33). The predicted octanol–water partition coefficient (Wildman–Crippen LogP) is 3.65. The van der Waals surface area contributed by atoms with Crippen LogP contribution in [0.3, 0.4) is 0 Å². The maximum atomic E-state index is 13.6. The molecule has 1 heterocycles. The summed E-state index contributed by atoms with van der Waals surface area (Å²) in [6.45, 7) is 0. The number of carbonyl (C=O) groups is 3. The van der Waals surface area contributed by atoms with E-state index >= 15 is 0 Å². The largest absolute Gasteiger partial charge is 0.348 e. The number of carbonyl (C=O) groups excluding carboxylic acids is 3. The van der Waals surface area contributed by atoms with E-state index in [4.69, 9.17) is 5.73 Å². The number of fused-ring (bicyclic) bond motifs is 1. The molecule has 5 rings (SSSR count). The average Bonchev–Trinajstić information content (AvgIpc) is 3.67. The van der Waals surface area contributed by atoms with Crippen LogP contribution < -0.4 is 21.3 Å². The molecule has 2 aromatic rings. The summed E-state index contributed by atoms with van der Waals surface area (Å²) in [5.41, 5.74) is 8.23. The smallest absolute Gasteiger partial charge is 0.251 e. The summed E-state index contributed by atoms with van der Waals surface area (Å²) in [6, 6.07) is 10.2. The molecule has 3 amide bonds. The zero-order valence-corrected chi connectivity index (χ0v) is 18.9. The van der Waals surface area contributed by atoms with Gasteiger partial charge in [0.25, 0.3) is 5.91 Å². The number of nitrogens with one attached hydrogen (secondary N) is 2. The molecule has 8 heteroatoms. The molecule has 4 N–H and O–H groups in total. The number of rotatable bonds is 4. The van der Waals surface area contributed by atoms with Gasteiger partial charge in [0.2, 0.25) is 11.8 Å². The van der Waals surface area contributed by atoms with Gasteiger partial charge in [-0.25, -0.2) is 4.39 Å². The zero-order valence-electron chi connectivity index (χ0n) is 18.9. The van der Waals surface area contributed by atoms with E-state index in [9.17, 15) is 18.8 Å². The number of hydrogen-bond donors (Lipinski definition) is 3. The average molecular weight is 465 g/mol. The van der Waals surface area contributed by atoms with Gasteiger partial charge in [0, 0.05) is 23.6 Å². The molecular weight excluding hydrogens is 435 g/mol. The number of halogens is 1. The maximum Gasteiger partial charge on any atom is 0.251 e. The van der Waals surface area contributed by atoms with Gasteiger partial charge in [-0.05, 0) is 61.6 Å². The van der Waals surface area contributed by atoms with Gasteiger partial charge in [-0.3, -0.25) is 14.4 Å². The van der Waals surface area contributed by atoms with Crippen molar-refractivity contribution in [3.05, 3.63) is 59.4 Å². The van der Waals surface area contributed by atoms with Gasteiger partial charge in [-0.15, -0.1) is 0 Å². The van der Waals surface area contributed by atoms with E-state index in [-0.39, 0.29) is 48.0 Å². The van der Waals surface area contributed by atoms with Crippen LogP contribution in [0.1, 0.15) is 66.9 Å². The molecule has 2 saturated carbocycles. The van der Waals surface area contributed by atoms with Crippen LogP contribution >= 0.6 is 0 Å². The molecule has 2 aromatic carbocycles. The lowest BCUT2D eigenvalue weighted by molar-refractivity contribution is -0.120. The minimum Gasteiger partial charge on any atom is -0.348 e. The summed E-state index contributed by atoms with van der Waals surface area (Å²) in [6.07, 6.45) is 5.48. The van der Waals surface area contributed by atoms with Crippen LogP contribution in [0.5, 0.6) is 0 Å². The van der Waals surface area contributed by atoms with Crippen LogP contribution in [0, 0.1) is 11.7 Å². The van der Waals surface area contributed by atoms with E-state index in [0.717, 1.165) is 38.5 Å². The van der Waals surface area contributed by atoms with Gasteiger partial charge < -0.3 is 21.3 Å². The van der Waals surface area contributed by atoms with Gasteiger partial charge >= 0.3 is 0 Å². The Morgan fingerprint density at radius 3 is 2.47 bits per heavy atom. The van der Waals surface area contributed by atoms with Crippen molar-refractivity contribution in [1.82, 2.24) is 5.32 Å². The summed E-state index contributed by atoms with van der Waals surface area (Å²) >= 11 is 0. The second-order valence-electron chi connectivity index (χ2n) is 9.56. The van der Waals surface area contributed by atoms with Crippen LogP contribution in [0.25, 0.3) is 0 Å². The highest BCUT2D eigenvalue weighted by molar-refractivity contribution is 6.07. The second kappa shape index (κ2) is 9.18. The van der Waals surface area contributed by atoms with Crippen molar-refractivity contribution in [2.45, 2.75) is 63.1 Å². The van der Waals surface area contributed by atoms with E-state index in [1.54, 1.807) is 35.2 Å². The summed E-state index contributed by atoms with van der Waals surface area (Å²) in [7, 11) is 0. The fourth-order valence-electron chi connectivity index (χ4n) is 4.97. The summed E-state index contributed by atoms with van der Waals surface area (Å²) in [5.74, 6) is -1.04. The molecule has 3 unspecified atom stereocenters. The van der Waals surface area contributed by atoms with Gasteiger partial charge in [0.15, 0.2) is 0 Å². The van der Waals surface area contributed by atoms with Crippen molar-refractivity contribution >= 4 is 29.1 Å². The lowest BCUT2D eigenvalue weighted by Crippen LogP contribution is -2.49. The maximum absolute atomic E-state index is 13.6. The van der Waals surface area contributed by atoms with Crippen LogP contribution in [0.4, 0.5) is 15.8 Å². The fourth-order valence-corrected chi connectivity index (χ4v) is 4.97. The molecule has 3 atom stereocenters. The molecule has 0 spiro atoms. The van der Waals surface area contributed by atoms with E-state index in [1.165, 1.54) is 12.1 Å². The number of benzene rings is 2. The Bertz CT molecular complexity index is 1120. The van der Waals surface area contributed by atoms with Gasteiger partial charge in [-0.2, -0.15) is 0 Å². The van der Waals surface area contributed by atoms with E-state index < -0.39 is 6.04 Å². The molecule has 178 valence electrons. The zero-order chi connectivity index (χ0) is 23.8. The Balaban J connectivity index is 1.48. The molecule has 34 heavy (non-hydrogen) atoms. The van der Waals surface area contributed by atoms with Crippen molar-refractivity contribution < 1.29 is 18.8 Å². The van der Waals surface area contributed by atoms with Crippen molar-refractivity contribution in [3.8, 4) is 0 Å². The van der Waals surface area contributed by atoms with Crippen LogP contribution in [-0.2, 0) is 9.59 Å². The minimum atomic E-state index is -0.560. The number of anilines is 2. The molecule has 7 nitrogen and oxygen atoms in total. The van der Waals surface area contributed by atoms with Gasteiger partial charge in [-0.1, -0.05) is 25.0 Å². The van der Waals surface area contributed by atoms with Crippen molar-refractivity contribution in [2.75, 3.05) is 10.2 Å². The topological polar surface area (TPSA) is 105 Å². The third-order valence-electron chi connectivity index (χ3n) is 7.04. The lowest BCUT2D eigenvalue weighted by atomic mass is 9.91. The lowest BCUT2D eigenvalue weighted by Gasteiger charge is -2.31. The van der Waals surface area contributed by atoms with Crippen molar-refractivity contribution in [1.29, 1.82) is 0 Å². The third-order valence-corrected chi connectivity index (χ3v) is 7.04. The van der Waals surface area contributed by atoms with E-state index in [2.05, 4.69) is 10.6 Å². The molecule has 0 bridgehead atoms. The second-order valence-corrected chi connectivity index (χ2v) is 9.56. The Labute approximate surface area is 197 Å². The molecule has 2 fully saturated rings. The first-order valence-electron chi connectivity index (χ1n) is 12.0. The first-order chi connectivity index (χ1) is 16.4. The summed E-state index contributed by atoms with van der Waals surface area (Å²) in [5, 5.41) is 5.90. The summed E-state index contributed by atoms with van der Waals surface area (Å²) < 4.78 is 13.6. The number of nitrogens with two attached hydrogens (primary N) is 1. The number of hydrogen-bond acceptors (Lipinski definition) is 4. The van der Waals surface area contributed by atoms with Crippen molar-refractivity contribution in [2.24, 2.45) is 11.7 Å². The van der Waals surface area contributed by atoms with E-state index in [0.29, 0.717) is 22.5 Å². The molecule has 0 radical (unpaired) electrons. The highest BCUT2D eigenvalue weighted by Crippen LogP contribution is 2.43. The monoisotopic (exact) mass is 464 g/mol. The Morgan fingerprint density at radius 2 is 1.76 bits per heavy atom. The minimum absolute atomic E-state index is 0.0389. The van der Waals surface area contributed by atoms with Gasteiger partial charge in [0.1, 0.15) is 5.82 Å². The number of amides is 3. The van der Waals surface area contributed by atoms with Gasteiger partial charge in [0.05, 0.1) is 23.8 Å². The molecule has 0 aromatic heterocycles. The molecule has 1 aliphatic heterocycles. The third kappa shape index (κ3) is 4.55. The normalized spacial score (nSPS) is 24.6. The van der Waals surface area contributed by atoms with Crippen molar-refractivity contribution in [3.63, 3.8) is 0 Å². The first-order valence-corrected chi connectivity index (χ1v) is 12.0. The highest BCUT2D eigenvalue weighted by Gasteiger charge is 2.40. The fraction of sp³-hybridized carbons (Fsp3) is 0.423. The SMILES string of the molecule is NC1CCCCC1NC(=O)c1ccc2c(c1)NC(=O)CC(c1ccc(F)cc1)N2C(=O)C1CC1. The van der Waals surface area contributed by atoms with E-state index in [1.807, 2.05) is 0 Å². The molecular formula is C26H29FN4O3. The summed E-state index contributed by atoms with van der Waals surface area (Å²) in [4.78, 5) is 40.8. The first kappa shape index (κ1) is 22.5. The van der Waals surface area contributed by atoms with Crippen LogP contribution in [-0.4, -0.2) is 29.8 Å². The molecule has 0 saturated heterocycles. The van der Waals surface area contributed by atoms with Crippen LogP contribution in [0.15, 0.2) is 42.5 Å². The van der Waals surface area contributed by atoms with Crippen LogP contribution in [0.2, 0.25) is 0 Å². The molecule has 2 aliphatic carbocycles. The Hall–Kier alpha value is -3.26.